The average molecular weight is 319 g/mol. The fraction of sp³-hybridized carbons (Fsp3) is 0.611. The van der Waals surface area contributed by atoms with E-state index >= 15 is 0 Å². The standard InChI is InChI=1S/C18H29N3O2/c1-21(2)11-3-4-13-5-10-16(18(20)22)17(12-13)23-15-8-6-14(19)7-9-15/h5,10,12,14-15H,3-4,6-9,11,19H2,1-2H3,(H2,20,22). The second-order valence-corrected chi connectivity index (χ2v) is 6.76. The lowest BCUT2D eigenvalue weighted by molar-refractivity contribution is 0.0986. The molecule has 1 aliphatic carbocycles. The molecular weight excluding hydrogens is 290 g/mol. The van der Waals surface area contributed by atoms with Crippen molar-refractivity contribution in [2.24, 2.45) is 11.5 Å². The Balaban J connectivity index is 2.06. The van der Waals surface area contributed by atoms with Gasteiger partial charge in [-0.1, -0.05) is 6.07 Å². The smallest absolute Gasteiger partial charge is 0.252 e. The van der Waals surface area contributed by atoms with E-state index < -0.39 is 5.91 Å². The minimum Gasteiger partial charge on any atom is -0.490 e. The number of nitrogens with zero attached hydrogens (tertiary/aromatic N) is 1. The van der Waals surface area contributed by atoms with E-state index in [1.807, 2.05) is 12.1 Å². The molecule has 2 rings (SSSR count). The van der Waals surface area contributed by atoms with Crippen LogP contribution in [0.25, 0.3) is 0 Å². The molecule has 1 amide bonds. The predicted molar refractivity (Wildman–Crippen MR) is 92.7 cm³/mol. The highest BCUT2D eigenvalue weighted by Crippen LogP contribution is 2.27. The summed E-state index contributed by atoms with van der Waals surface area (Å²) >= 11 is 0. The van der Waals surface area contributed by atoms with Crippen molar-refractivity contribution < 1.29 is 9.53 Å². The topological polar surface area (TPSA) is 81.6 Å². The molecule has 0 radical (unpaired) electrons. The Labute approximate surface area is 139 Å². The number of rotatable bonds is 7. The Bertz CT molecular complexity index is 523. The van der Waals surface area contributed by atoms with Crippen molar-refractivity contribution in [3.63, 3.8) is 0 Å². The summed E-state index contributed by atoms with van der Waals surface area (Å²) in [7, 11) is 4.14. The molecule has 1 aromatic carbocycles. The quantitative estimate of drug-likeness (QED) is 0.804. The molecule has 0 aliphatic heterocycles. The lowest BCUT2D eigenvalue weighted by Crippen LogP contribution is -2.32. The second kappa shape index (κ2) is 8.31. The number of hydrogen-bond acceptors (Lipinski definition) is 4. The monoisotopic (exact) mass is 319 g/mol. The van der Waals surface area contributed by atoms with Gasteiger partial charge in [0.15, 0.2) is 0 Å². The molecule has 128 valence electrons. The zero-order valence-corrected chi connectivity index (χ0v) is 14.3. The molecule has 0 unspecified atom stereocenters. The van der Waals surface area contributed by atoms with Crippen LogP contribution in [-0.4, -0.2) is 43.6 Å². The van der Waals surface area contributed by atoms with Crippen LogP contribution in [0.2, 0.25) is 0 Å². The van der Waals surface area contributed by atoms with E-state index in [0.717, 1.165) is 45.1 Å². The van der Waals surface area contributed by atoms with Crippen LogP contribution in [0.5, 0.6) is 5.75 Å². The van der Waals surface area contributed by atoms with Crippen molar-refractivity contribution in [2.45, 2.75) is 50.7 Å². The zero-order valence-electron chi connectivity index (χ0n) is 14.3. The number of carbonyl (C=O) groups is 1. The van der Waals surface area contributed by atoms with E-state index in [1.54, 1.807) is 6.07 Å². The van der Waals surface area contributed by atoms with Gasteiger partial charge in [-0.15, -0.1) is 0 Å². The third-order valence-electron chi connectivity index (χ3n) is 4.39. The van der Waals surface area contributed by atoms with E-state index in [1.165, 1.54) is 5.56 Å². The number of ether oxygens (including phenoxy) is 1. The fourth-order valence-corrected chi connectivity index (χ4v) is 3.01. The summed E-state index contributed by atoms with van der Waals surface area (Å²) in [4.78, 5) is 13.8. The minimum absolute atomic E-state index is 0.130. The van der Waals surface area contributed by atoms with Crippen LogP contribution < -0.4 is 16.2 Å². The highest BCUT2D eigenvalue weighted by molar-refractivity contribution is 5.95. The summed E-state index contributed by atoms with van der Waals surface area (Å²) in [5.41, 5.74) is 13.1. The Morgan fingerprint density at radius 3 is 2.57 bits per heavy atom. The van der Waals surface area contributed by atoms with Crippen molar-refractivity contribution in [1.29, 1.82) is 0 Å². The summed E-state index contributed by atoms with van der Waals surface area (Å²) in [6.45, 7) is 1.04. The van der Waals surface area contributed by atoms with Crippen LogP contribution in [0.4, 0.5) is 0 Å². The normalized spacial score (nSPS) is 21.4. The average Bonchev–Trinajstić information content (AvgIpc) is 2.49. The van der Waals surface area contributed by atoms with Gasteiger partial charge in [-0.05, 0) is 76.9 Å². The lowest BCUT2D eigenvalue weighted by Gasteiger charge is -2.27. The fourth-order valence-electron chi connectivity index (χ4n) is 3.01. The van der Waals surface area contributed by atoms with E-state index in [9.17, 15) is 4.79 Å². The maximum atomic E-state index is 11.6. The Morgan fingerprint density at radius 2 is 1.96 bits per heavy atom. The number of aryl methyl sites for hydroxylation is 1. The molecule has 0 bridgehead atoms. The predicted octanol–water partition coefficient (Wildman–Crippen LogP) is 1.93. The lowest BCUT2D eigenvalue weighted by atomic mass is 9.93. The van der Waals surface area contributed by atoms with Gasteiger partial charge in [-0.25, -0.2) is 0 Å². The summed E-state index contributed by atoms with van der Waals surface area (Å²) in [6, 6.07) is 6.02. The highest BCUT2D eigenvalue weighted by Gasteiger charge is 2.21. The summed E-state index contributed by atoms with van der Waals surface area (Å²) in [5.74, 6) is 0.188. The number of nitrogens with two attached hydrogens (primary N) is 2. The molecule has 5 heteroatoms. The van der Waals surface area contributed by atoms with E-state index in [0.29, 0.717) is 11.3 Å². The summed E-state index contributed by atoms with van der Waals surface area (Å²) < 4.78 is 6.10. The van der Waals surface area contributed by atoms with Gasteiger partial charge >= 0.3 is 0 Å². The molecule has 0 spiro atoms. The maximum Gasteiger partial charge on any atom is 0.252 e. The SMILES string of the molecule is CN(C)CCCc1ccc(C(N)=O)c(OC2CCC(N)CC2)c1. The number of carbonyl (C=O) groups excluding carboxylic acids is 1. The summed E-state index contributed by atoms with van der Waals surface area (Å²) in [6.07, 6.45) is 5.97. The van der Waals surface area contributed by atoms with Crippen LogP contribution in [0, 0.1) is 0 Å². The first kappa shape index (κ1) is 17.8. The minimum atomic E-state index is -0.438. The van der Waals surface area contributed by atoms with Crippen LogP contribution in [0.15, 0.2) is 18.2 Å². The van der Waals surface area contributed by atoms with Gasteiger partial charge in [-0.3, -0.25) is 4.79 Å². The van der Waals surface area contributed by atoms with E-state index in [2.05, 4.69) is 19.0 Å². The van der Waals surface area contributed by atoms with Gasteiger partial charge in [-0.2, -0.15) is 0 Å². The van der Waals surface area contributed by atoms with Crippen LogP contribution >= 0.6 is 0 Å². The van der Waals surface area contributed by atoms with Crippen molar-refractivity contribution in [1.82, 2.24) is 4.90 Å². The molecule has 23 heavy (non-hydrogen) atoms. The number of primary amides is 1. The summed E-state index contributed by atoms with van der Waals surface area (Å²) in [5, 5.41) is 0. The number of amides is 1. The number of benzene rings is 1. The van der Waals surface area contributed by atoms with Crippen LogP contribution in [0.3, 0.4) is 0 Å². The van der Waals surface area contributed by atoms with Gasteiger partial charge in [0, 0.05) is 6.04 Å². The first-order chi connectivity index (χ1) is 11.0. The Hall–Kier alpha value is -1.59. The maximum absolute atomic E-state index is 11.6. The Kier molecular flexibility index (Phi) is 6.42. The second-order valence-electron chi connectivity index (χ2n) is 6.76. The molecular formula is C18H29N3O2. The molecule has 4 N–H and O–H groups in total. The molecule has 0 aromatic heterocycles. The van der Waals surface area contributed by atoms with Gasteiger partial charge in [0.2, 0.25) is 0 Å². The van der Waals surface area contributed by atoms with Crippen LogP contribution in [0.1, 0.15) is 48.0 Å². The first-order valence-corrected chi connectivity index (χ1v) is 8.45. The third-order valence-corrected chi connectivity index (χ3v) is 4.39. The first-order valence-electron chi connectivity index (χ1n) is 8.45. The van der Waals surface area contributed by atoms with Crippen molar-refractivity contribution >= 4 is 5.91 Å². The third kappa shape index (κ3) is 5.52. The van der Waals surface area contributed by atoms with Gasteiger partial charge in [0.05, 0.1) is 11.7 Å². The molecule has 5 nitrogen and oxygen atoms in total. The molecule has 1 saturated carbocycles. The van der Waals surface area contributed by atoms with Gasteiger partial charge in [0.25, 0.3) is 5.91 Å². The van der Waals surface area contributed by atoms with E-state index in [4.69, 9.17) is 16.2 Å². The molecule has 0 atom stereocenters. The van der Waals surface area contributed by atoms with Crippen molar-refractivity contribution in [3.8, 4) is 5.75 Å². The van der Waals surface area contributed by atoms with Gasteiger partial charge < -0.3 is 21.1 Å². The highest BCUT2D eigenvalue weighted by atomic mass is 16.5. The largest absolute Gasteiger partial charge is 0.490 e. The zero-order chi connectivity index (χ0) is 16.8. The number of hydrogen-bond donors (Lipinski definition) is 2. The van der Waals surface area contributed by atoms with Crippen molar-refractivity contribution in [2.75, 3.05) is 20.6 Å². The Morgan fingerprint density at radius 1 is 1.26 bits per heavy atom. The molecule has 0 heterocycles. The van der Waals surface area contributed by atoms with Crippen molar-refractivity contribution in [3.05, 3.63) is 29.3 Å². The molecule has 1 fully saturated rings. The van der Waals surface area contributed by atoms with Crippen LogP contribution in [-0.2, 0) is 6.42 Å². The molecule has 1 aromatic rings. The molecule has 1 aliphatic rings. The van der Waals surface area contributed by atoms with E-state index in [-0.39, 0.29) is 12.1 Å². The van der Waals surface area contributed by atoms with Gasteiger partial charge in [0.1, 0.15) is 5.75 Å². The molecule has 0 saturated heterocycles.